The van der Waals surface area contributed by atoms with Crippen molar-refractivity contribution in [1.82, 2.24) is 5.32 Å². The number of hydrogen-bond acceptors (Lipinski definition) is 3. The molecule has 1 N–H and O–H groups in total. The molecule has 3 nitrogen and oxygen atoms in total. The smallest absolute Gasteiger partial charge is 0.325 e. The second kappa shape index (κ2) is 6.89. The summed E-state index contributed by atoms with van der Waals surface area (Å²) in [5.41, 5.74) is -0.594. The largest absolute Gasteiger partial charge is 0.468 e. The Morgan fingerprint density at radius 2 is 1.88 bits per heavy atom. The minimum atomic E-state index is -0.594. The van der Waals surface area contributed by atoms with Crippen LogP contribution in [0.25, 0.3) is 0 Å². The third-order valence-electron chi connectivity index (χ3n) is 3.14. The lowest BCUT2D eigenvalue weighted by atomic mass is 9.95. The molecule has 0 aliphatic rings. The molecule has 0 saturated heterocycles. The fourth-order valence-corrected chi connectivity index (χ4v) is 1.80. The van der Waals surface area contributed by atoms with E-state index in [0.717, 1.165) is 12.8 Å². The predicted molar refractivity (Wildman–Crippen MR) is 67.4 cm³/mol. The van der Waals surface area contributed by atoms with Crippen molar-refractivity contribution in [3.63, 3.8) is 0 Å². The monoisotopic (exact) mass is 229 g/mol. The first-order chi connectivity index (χ1) is 7.37. The summed E-state index contributed by atoms with van der Waals surface area (Å²) in [6.07, 6.45) is 3.31. The zero-order valence-corrected chi connectivity index (χ0v) is 11.6. The van der Waals surface area contributed by atoms with Gasteiger partial charge in [-0.25, -0.2) is 0 Å². The lowest BCUT2D eigenvalue weighted by Crippen LogP contribution is -2.52. The van der Waals surface area contributed by atoms with Gasteiger partial charge < -0.3 is 4.74 Å². The first-order valence-corrected chi connectivity index (χ1v) is 6.23. The van der Waals surface area contributed by atoms with Crippen molar-refractivity contribution < 1.29 is 9.53 Å². The van der Waals surface area contributed by atoms with Crippen molar-refractivity contribution in [2.45, 2.75) is 65.5 Å². The fraction of sp³-hybridized carbons (Fsp3) is 0.923. The van der Waals surface area contributed by atoms with Crippen LogP contribution in [0.5, 0.6) is 0 Å². The molecule has 2 atom stereocenters. The summed E-state index contributed by atoms with van der Waals surface area (Å²) in [5.74, 6) is 0.487. The molecule has 0 aromatic carbocycles. The lowest BCUT2D eigenvalue weighted by molar-refractivity contribution is -0.147. The number of carbonyl (C=O) groups is 1. The maximum atomic E-state index is 11.6. The van der Waals surface area contributed by atoms with Crippen LogP contribution in [0.15, 0.2) is 0 Å². The van der Waals surface area contributed by atoms with E-state index in [1.165, 1.54) is 13.5 Å². The number of esters is 1. The molecule has 0 saturated carbocycles. The summed E-state index contributed by atoms with van der Waals surface area (Å²) in [4.78, 5) is 11.6. The number of hydrogen-bond donors (Lipinski definition) is 1. The molecule has 0 rings (SSSR count). The van der Waals surface area contributed by atoms with Crippen LogP contribution in [-0.2, 0) is 9.53 Å². The molecule has 0 aliphatic heterocycles. The van der Waals surface area contributed by atoms with Crippen molar-refractivity contribution in [2.75, 3.05) is 7.11 Å². The molecule has 0 heterocycles. The van der Waals surface area contributed by atoms with E-state index in [2.05, 4.69) is 26.1 Å². The Labute approximate surface area is 99.9 Å². The van der Waals surface area contributed by atoms with Crippen molar-refractivity contribution in [2.24, 2.45) is 5.92 Å². The highest BCUT2D eigenvalue weighted by Crippen LogP contribution is 2.15. The molecular weight excluding hydrogens is 202 g/mol. The number of nitrogens with one attached hydrogen (secondary N) is 1. The Balaban J connectivity index is 4.35. The Morgan fingerprint density at radius 1 is 1.31 bits per heavy atom. The Bertz CT molecular complexity index is 214. The van der Waals surface area contributed by atoms with Crippen molar-refractivity contribution in [3.05, 3.63) is 0 Å². The standard InChI is InChI=1S/C13H27NO2/c1-7-10(3)9-11(8-2)14-13(4,5)12(15)16-6/h10-11,14H,7-9H2,1-6H3. The van der Waals surface area contributed by atoms with Gasteiger partial charge in [0, 0.05) is 6.04 Å². The van der Waals surface area contributed by atoms with E-state index in [1.807, 2.05) is 13.8 Å². The van der Waals surface area contributed by atoms with Gasteiger partial charge in [-0.2, -0.15) is 0 Å². The highest BCUT2D eigenvalue weighted by Gasteiger charge is 2.30. The van der Waals surface area contributed by atoms with Crippen molar-refractivity contribution >= 4 is 5.97 Å². The molecule has 0 bridgehead atoms. The van der Waals surface area contributed by atoms with E-state index in [1.54, 1.807) is 0 Å². The highest BCUT2D eigenvalue weighted by atomic mass is 16.5. The summed E-state index contributed by atoms with van der Waals surface area (Å²) in [6.45, 7) is 10.3. The van der Waals surface area contributed by atoms with E-state index in [4.69, 9.17) is 4.74 Å². The molecular formula is C13H27NO2. The van der Waals surface area contributed by atoms with Gasteiger partial charge in [0.1, 0.15) is 5.54 Å². The van der Waals surface area contributed by atoms with Crippen LogP contribution >= 0.6 is 0 Å². The minimum absolute atomic E-state index is 0.199. The van der Waals surface area contributed by atoms with Crippen LogP contribution in [0.4, 0.5) is 0 Å². The van der Waals surface area contributed by atoms with Crippen LogP contribution in [0, 0.1) is 5.92 Å². The maximum absolute atomic E-state index is 11.6. The quantitative estimate of drug-likeness (QED) is 0.682. The molecule has 0 aliphatic carbocycles. The number of methoxy groups -OCH3 is 1. The normalized spacial score (nSPS) is 15.6. The van der Waals surface area contributed by atoms with E-state index < -0.39 is 5.54 Å². The highest BCUT2D eigenvalue weighted by molar-refractivity contribution is 5.79. The Hall–Kier alpha value is -0.570. The van der Waals surface area contributed by atoms with Crippen molar-refractivity contribution in [1.29, 1.82) is 0 Å². The van der Waals surface area contributed by atoms with E-state index in [0.29, 0.717) is 12.0 Å². The average Bonchev–Trinajstić information content (AvgIpc) is 2.26. The van der Waals surface area contributed by atoms with Gasteiger partial charge in [0.15, 0.2) is 0 Å². The van der Waals surface area contributed by atoms with Crippen molar-refractivity contribution in [3.8, 4) is 0 Å². The van der Waals surface area contributed by atoms with Crippen LogP contribution in [-0.4, -0.2) is 24.7 Å². The minimum Gasteiger partial charge on any atom is -0.468 e. The third kappa shape index (κ3) is 4.97. The first kappa shape index (κ1) is 15.4. The summed E-state index contributed by atoms with van der Waals surface area (Å²) in [5, 5.41) is 3.38. The summed E-state index contributed by atoms with van der Waals surface area (Å²) >= 11 is 0. The molecule has 2 unspecified atom stereocenters. The Morgan fingerprint density at radius 3 is 2.25 bits per heavy atom. The van der Waals surface area contributed by atoms with Gasteiger partial charge >= 0.3 is 5.97 Å². The molecule has 3 heteroatoms. The molecule has 0 fully saturated rings. The second-order valence-corrected chi connectivity index (χ2v) is 5.12. The van der Waals surface area contributed by atoms with E-state index in [-0.39, 0.29) is 5.97 Å². The van der Waals surface area contributed by atoms with E-state index >= 15 is 0 Å². The zero-order chi connectivity index (χ0) is 12.8. The predicted octanol–water partition coefficient (Wildman–Crippen LogP) is 2.74. The van der Waals surface area contributed by atoms with Crippen LogP contribution in [0.1, 0.15) is 53.9 Å². The van der Waals surface area contributed by atoms with Crippen LogP contribution in [0.3, 0.4) is 0 Å². The van der Waals surface area contributed by atoms with Gasteiger partial charge in [-0.05, 0) is 32.6 Å². The van der Waals surface area contributed by atoms with Gasteiger partial charge in [0.25, 0.3) is 0 Å². The lowest BCUT2D eigenvalue weighted by Gasteiger charge is -2.30. The average molecular weight is 229 g/mol. The topological polar surface area (TPSA) is 38.3 Å². The summed E-state index contributed by atoms with van der Waals surface area (Å²) < 4.78 is 4.79. The number of carbonyl (C=O) groups excluding carboxylic acids is 1. The fourth-order valence-electron chi connectivity index (χ4n) is 1.80. The molecule has 0 spiro atoms. The molecule has 96 valence electrons. The number of rotatable bonds is 7. The van der Waals surface area contributed by atoms with Gasteiger partial charge in [-0.3, -0.25) is 10.1 Å². The van der Waals surface area contributed by atoms with Gasteiger partial charge in [-0.1, -0.05) is 27.2 Å². The Kier molecular flexibility index (Phi) is 6.65. The molecule has 0 radical (unpaired) electrons. The molecule has 0 aromatic heterocycles. The first-order valence-electron chi connectivity index (χ1n) is 6.23. The molecule has 16 heavy (non-hydrogen) atoms. The number of ether oxygens (including phenoxy) is 1. The zero-order valence-electron chi connectivity index (χ0n) is 11.6. The van der Waals surface area contributed by atoms with Crippen LogP contribution in [0.2, 0.25) is 0 Å². The van der Waals surface area contributed by atoms with Gasteiger partial charge in [0.2, 0.25) is 0 Å². The maximum Gasteiger partial charge on any atom is 0.325 e. The summed E-state index contributed by atoms with van der Waals surface area (Å²) in [6, 6.07) is 0.379. The summed E-state index contributed by atoms with van der Waals surface area (Å²) in [7, 11) is 1.43. The SMILES string of the molecule is CCC(C)CC(CC)NC(C)(C)C(=O)OC. The molecule has 0 amide bonds. The van der Waals surface area contributed by atoms with Gasteiger partial charge in [0.05, 0.1) is 7.11 Å². The molecule has 0 aromatic rings. The van der Waals surface area contributed by atoms with Gasteiger partial charge in [-0.15, -0.1) is 0 Å². The second-order valence-electron chi connectivity index (χ2n) is 5.12. The van der Waals surface area contributed by atoms with Crippen LogP contribution < -0.4 is 5.32 Å². The third-order valence-corrected chi connectivity index (χ3v) is 3.14. The van der Waals surface area contributed by atoms with E-state index in [9.17, 15) is 4.79 Å².